The van der Waals surface area contributed by atoms with Crippen molar-refractivity contribution in [2.24, 2.45) is 0 Å². The van der Waals surface area contributed by atoms with Gasteiger partial charge >= 0.3 is 0 Å². The first-order valence-electron chi connectivity index (χ1n) is 3.88. The summed E-state index contributed by atoms with van der Waals surface area (Å²) in [4.78, 5) is 7.58. The molecular formula is C8H13ClN2. The number of rotatable bonds is 3. The van der Waals surface area contributed by atoms with E-state index >= 15 is 0 Å². The second kappa shape index (κ2) is 3.77. The summed E-state index contributed by atoms with van der Waals surface area (Å²) in [6.45, 7) is 4.15. The van der Waals surface area contributed by atoms with Gasteiger partial charge in [-0.3, -0.25) is 0 Å². The predicted molar refractivity (Wildman–Crippen MR) is 47.1 cm³/mol. The van der Waals surface area contributed by atoms with Crippen molar-refractivity contribution in [3.63, 3.8) is 0 Å². The molecule has 0 bridgehead atoms. The van der Waals surface area contributed by atoms with Crippen molar-refractivity contribution in [3.8, 4) is 0 Å². The van der Waals surface area contributed by atoms with Crippen LogP contribution in [-0.2, 0) is 12.8 Å². The molecule has 11 heavy (non-hydrogen) atoms. The Bertz CT molecular complexity index is 230. The second-order valence-electron chi connectivity index (χ2n) is 2.55. The number of imidazole rings is 1. The highest BCUT2D eigenvalue weighted by molar-refractivity contribution is 6.17. The van der Waals surface area contributed by atoms with Crippen LogP contribution >= 0.6 is 11.6 Å². The molecule has 3 heteroatoms. The molecule has 62 valence electrons. The van der Waals surface area contributed by atoms with Gasteiger partial charge in [0.15, 0.2) is 0 Å². The Kier molecular flexibility index (Phi) is 2.94. The summed E-state index contributed by atoms with van der Waals surface area (Å²) >= 11 is 5.58. The molecule has 2 nitrogen and oxygen atoms in total. The smallest absolute Gasteiger partial charge is 0.107 e. The molecule has 0 aliphatic carbocycles. The van der Waals surface area contributed by atoms with Crippen LogP contribution in [0.4, 0.5) is 0 Å². The minimum atomic E-state index is 0.635. The van der Waals surface area contributed by atoms with Gasteiger partial charge in [0.05, 0.1) is 5.69 Å². The van der Waals surface area contributed by atoms with Gasteiger partial charge < -0.3 is 4.98 Å². The van der Waals surface area contributed by atoms with E-state index in [1.165, 1.54) is 5.69 Å². The SMILES string of the molecule is CCc1nc(CCCl)[nH]c1C. The fraction of sp³-hybridized carbons (Fsp3) is 0.625. The van der Waals surface area contributed by atoms with E-state index in [1.807, 2.05) is 6.92 Å². The standard InChI is InChI=1S/C8H13ClN2/c1-3-7-6(2)10-8(11-7)4-5-9/h3-5H2,1-2H3,(H,10,11). The maximum Gasteiger partial charge on any atom is 0.107 e. The number of hydrogen-bond acceptors (Lipinski definition) is 1. The molecule has 0 spiro atoms. The lowest BCUT2D eigenvalue weighted by Gasteiger charge is -1.86. The van der Waals surface area contributed by atoms with Crippen LogP contribution in [0, 0.1) is 6.92 Å². The molecular weight excluding hydrogens is 160 g/mol. The number of aryl methyl sites for hydroxylation is 3. The zero-order valence-corrected chi connectivity index (χ0v) is 7.70. The fourth-order valence-electron chi connectivity index (χ4n) is 1.12. The lowest BCUT2D eigenvalue weighted by molar-refractivity contribution is 0.967. The summed E-state index contributed by atoms with van der Waals surface area (Å²) in [5.74, 6) is 1.64. The highest BCUT2D eigenvalue weighted by Gasteiger charge is 2.02. The van der Waals surface area contributed by atoms with E-state index in [4.69, 9.17) is 11.6 Å². The van der Waals surface area contributed by atoms with Crippen LogP contribution in [0.1, 0.15) is 24.1 Å². The van der Waals surface area contributed by atoms with Crippen molar-refractivity contribution in [3.05, 3.63) is 17.2 Å². The van der Waals surface area contributed by atoms with Gasteiger partial charge in [0, 0.05) is 18.0 Å². The highest BCUT2D eigenvalue weighted by Crippen LogP contribution is 2.05. The first-order chi connectivity index (χ1) is 5.27. The molecule has 0 fully saturated rings. The highest BCUT2D eigenvalue weighted by atomic mass is 35.5. The molecule has 1 aromatic rings. The van der Waals surface area contributed by atoms with Gasteiger partial charge in [0.2, 0.25) is 0 Å². The van der Waals surface area contributed by atoms with Crippen molar-refractivity contribution >= 4 is 11.6 Å². The Balaban J connectivity index is 2.77. The van der Waals surface area contributed by atoms with Crippen LogP contribution in [-0.4, -0.2) is 15.8 Å². The number of nitrogens with one attached hydrogen (secondary N) is 1. The van der Waals surface area contributed by atoms with Gasteiger partial charge in [-0.05, 0) is 13.3 Å². The maximum atomic E-state index is 5.58. The molecule has 0 unspecified atom stereocenters. The molecule has 0 saturated heterocycles. The van der Waals surface area contributed by atoms with Crippen molar-refractivity contribution in [2.45, 2.75) is 26.7 Å². The number of alkyl halides is 1. The Morgan fingerprint density at radius 3 is 2.73 bits per heavy atom. The molecule has 0 atom stereocenters. The summed E-state index contributed by atoms with van der Waals surface area (Å²) in [5.41, 5.74) is 2.33. The Morgan fingerprint density at radius 2 is 2.27 bits per heavy atom. The quantitative estimate of drug-likeness (QED) is 0.695. The number of aromatic amines is 1. The molecule has 1 aromatic heterocycles. The van der Waals surface area contributed by atoms with Crippen molar-refractivity contribution in [1.29, 1.82) is 0 Å². The van der Waals surface area contributed by atoms with Gasteiger partial charge in [-0.1, -0.05) is 6.92 Å². The van der Waals surface area contributed by atoms with Gasteiger partial charge in [-0.25, -0.2) is 4.98 Å². The molecule has 1 rings (SSSR count). The Labute approximate surface area is 72.0 Å². The zero-order chi connectivity index (χ0) is 8.27. The van der Waals surface area contributed by atoms with E-state index < -0.39 is 0 Å². The minimum absolute atomic E-state index is 0.635. The van der Waals surface area contributed by atoms with E-state index in [0.717, 1.165) is 24.4 Å². The first-order valence-corrected chi connectivity index (χ1v) is 4.41. The van der Waals surface area contributed by atoms with E-state index in [1.54, 1.807) is 0 Å². The molecule has 0 amide bonds. The van der Waals surface area contributed by atoms with Crippen LogP contribution < -0.4 is 0 Å². The van der Waals surface area contributed by atoms with Crippen molar-refractivity contribution < 1.29 is 0 Å². The Morgan fingerprint density at radius 1 is 1.55 bits per heavy atom. The van der Waals surface area contributed by atoms with Crippen LogP contribution in [0.25, 0.3) is 0 Å². The summed E-state index contributed by atoms with van der Waals surface area (Å²) < 4.78 is 0. The van der Waals surface area contributed by atoms with Gasteiger partial charge in [-0.15, -0.1) is 11.6 Å². The second-order valence-corrected chi connectivity index (χ2v) is 2.93. The number of halogens is 1. The summed E-state index contributed by atoms with van der Waals surface area (Å²) in [5, 5.41) is 0. The summed E-state index contributed by atoms with van der Waals surface area (Å²) in [6.07, 6.45) is 1.83. The lowest BCUT2D eigenvalue weighted by Crippen LogP contribution is -1.88. The average Bonchev–Trinajstić information content (AvgIpc) is 2.32. The largest absolute Gasteiger partial charge is 0.346 e. The number of aromatic nitrogens is 2. The normalized spacial score (nSPS) is 10.5. The molecule has 0 aliphatic heterocycles. The molecule has 0 saturated carbocycles. The molecule has 1 heterocycles. The summed E-state index contributed by atoms with van der Waals surface area (Å²) in [6, 6.07) is 0. The molecule has 1 N–H and O–H groups in total. The van der Waals surface area contributed by atoms with Crippen LogP contribution in [0.3, 0.4) is 0 Å². The lowest BCUT2D eigenvalue weighted by atomic mass is 10.3. The third-order valence-corrected chi connectivity index (χ3v) is 1.89. The third-order valence-electron chi connectivity index (χ3n) is 1.70. The first kappa shape index (κ1) is 8.60. The van der Waals surface area contributed by atoms with E-state index in [2.05, 4.69) is 16.9 Å². The van der Waals surface area contributed by atoms with Crippen molar-refractivity contribution in [2.75, 3.05) is 5.88 Å². The van der Waals surface area contributed by atoms with Crippen molar-refractivity contribution in [1.82, 2.24) is 9.97 Å². The fourth-order valence-corrected chi connectivity index (χ4v) is 1.29. The van der Waals surface area contributed by atoms with E-state index in [9.17, 15) is 0 Å². The van der Waals surface area contributed by atoms with Crippen LogP contribution in [0.15, 0.2) is 0 Å². The van der Waals surface area contributed by atoms with E-state index in [-0.39, 0.29) is 0 Å². The summed E-state index contributed by atoms with van der Waals surface area (Å²) in [7, 11) is 0. The molecule has 0 aliphatic rings. The van der Waals surface area contributed by atoms with Crippen LogP contribution in [0.5, 0.6) is 0 Å². The maximum absolute atomic E-state index is 5.58. The number of H-pyrrole nitrogens is 1. The number of nitrogens with zero attached hydrogens (tertiary/aromatic N) is 1. The average molecular weight is 173 g/mol. The monoisotopic (exact) mass is 172 g/mol. The third kappa shape index (κ3) is 1.96. The van der Waals surface area contributed by atoms with Crippen LogP contribution in [0.2, 0.25) is 0 Å². The number of hydrogen-bond donors (Lipinski definition) is 1. The minimum Gasteiger partial charge on any atom is -0.346 e. The predicted octanol–water partition coefficient (Wildman–Crippen LogP) is 2.06. The van der Waals surface area contributed by atoms with Gasteiger partial charge in [0.25, 0.3) is 0 Å². The van der Waals surface area contributed by atoms with Gasteiger partial charge in [-0.2, -0.15) is 0 Å². The molecule has 0 radical (unpaired) electrons. The topological polar surface area (TPSA) is 28.7 Å². The van der Waals surface area contributed by atoms with E-state index in [0.29, 0.717) is 5.88 Å². The Hall–Kier alpha value is -0.500. The molecule has 0 aromatic carbocycles. The van der Waals surface area contributed by atoms with Gasteiger partial charge in [0.1, 0.15) is 5.82 Å². The zero-order valence-electron chi connectivity index (χ0n) is 6.95.